The summed E-state index contributed by atoms with van der Waals surface area (Å²) in [7, 11) is 0. The maximum absolute atomic E-state index is 13.0. The van der Waals surface area contributed by atoms with Crippen LogP contribution in [0.3, 0.4) is 0 Å². The first-order valence-corrected chi connectivity index (χ1v) is 8.62. The fourth-order valence-electron chi connectivity index (χ4n) is 3.00. The Kier molecular flexibility index (Phi) is 6.08. The van der Waals surface area contributed by atoms with Crippen LogP contribution in [0.2, 0.25) is 0 Å². The molecule has 144 valence electrons. The highest BCUT2D eigenvalue weighted by Gasteiger charge is 2.33. The van der Waals surface area contributed by atoms with Crippen molar-refractivity contribution in [3.8, 4) is 0 Å². The van der Waals surface area contributed by atoms with Crippen molar-refractivity contribution in [2.75, 3.05) is 25.0 Å². The standard InChI is InChI=1S/C19H20F3N3O2/c20-19(21,22)16-6-1-2-7-17(16)24-18(26)12-25-10-8-15(11-25)27-13-14-5-3-4-9-23-14/h1-7,9,15H,8,10-13H2,(H,24,26)/t15-/m0/s1. The molecule has 0 spiro atoms. The number of hydrogen-bond acceptors (Lipinski definition) is 4. The number of nitrogens with zero attached hydrogens (tertiary/aromatic N) is 2. The number of halogens is 3. The fourth-order valence-corrected chi connectivity index (χ4v) is 3.00. The van der Waals surface area contributed by atoms with Gasteiger partial charge in [-0.15, -0.1) is 0 Å². The van der Waals surface area contributed by atoms with Gasteiger partial charge in [0.15, 0.2) is 0 Å². The molecule has 1 amide bonds. The van der Waals surface area contributed by atoms with Gasteiger partial charge in [0.1, 0.15) is 0 Å². The number of rotatable bonds is 6. The predicted octanol–water partition coefficient (Wildman–Crippen LogP) is 3.33. The minimum atomic E-state index is -4.51. The Labute approximate surface area is 155 Å². The molecule has 0 aliphatic carbocycles. The zero-order valence-electron chi connectivity index (χ0n) is 14.6. The summed E-state index contributed by atoms with van der Waals surface area (Å²) in [5, 5.41) is 2.37. The van der Waals surface area contributed by atoms with Crippen LogP contribution in [0.25, 0.3) is 0 Å². The van der Waals surface area contributed by atoms with Crippen molar-refractivity contribution in [2.24, 2.45) is 0 Å². The first-order chi connectivity index (χ1) is 12.9. The molecule has 2 heterocycles. The van der Waals surface area contributed by atoms with Gasteiger partial charge in [-0.25, -0.2) is 0 Å². The molecular formula is C19H20F3N3O2. The predicted molar refractivity (Wildman–Crippen MR) is 93.9 cm³/mol. The van der Waals surface area contributed by atoms with Crippen LogP contribution in [0.15, 0.2) is 48.7 Å². The van der Waals surface area contributed by atoms with Gasteiger partial charge in [0, 0.05) is 19.3 Å². The first-order valence-electron chi connectivity index (χ1n) is 8.62. The van der Waals surface area contributed by atoms with Crippen LogP contribution in [0.1, 0.15) is 17.7 Å². The van der Waals surface area contributed by atoms with Crippen molar-refractivity contribution in [1.29, 1.82) is 0 Å². The number of likely N-dealkylation sites (tertiary alicyclic amines) is 1. The van der Waals surface area contributed by atoms with E-state index in [0.717, 1.165) is 18.2 Å². The van der Waals surface area contributed by atoms with Crippen molar-refractivity contribution in [1.82, 2.24) is 9.88 Å². The van der Waals surface area contributed by atoms with E-state index in [1.54, 1.807) is 6.20 Å². The molecule has 1 saturated heterocycles. The van der Waals surface area contributed by atoms with E-state index >= 15 is 0 Å². The molecule has 0 saturated carbocycles. The third-order valence-corrected chi connectivity index (χ3v) is 4.30. The van der Waals surface area contributed by atoms with Crippen LogP contribution in [-0.4, -0.2) is 41.5 Å². The fraction of sp³-hybridized carbons (Fsp3) is 0.368. The second-order valence-electron chi connectivity index (χ2n) is 6.37. The summed E-state index contributed by atoms with van der Waals surface area (Å²) in [5.41, 5.74) is -0.244. The Bertz CT molecular complexity index is 768. The zero-order valence-corrected chi connectivity index (χ0v) is 14.6. The topological polar surface area (TPSA) is 54.5 Å². The van der Waals surface area contributed by atoms with Gasteiger partial charge < -0.3 is 10.1 Å². The molecule has 1 aliphatic heterocycles. The molecule has 1 aliphatic rings. The zero-order chi connectivity index (χ0) is 19.3. The smallest absolute Gasteiger partial charge is 0.371 e. The van der Waals surface area contributed by atoms with Crippen LogP contribution in [0.4, 0.5) is 18.9 Å². The summed E-state index contributed by atoms with van der Waals surface area (Å²) in [6, 6.07) is 10.5. The highest BCUT2D eigenvalue weighted by molar-refractivity contribution is 5.93. The minimum absolute atomic E-state index is 0.0235. The maximum Gasteiger partial charge on any atom is 0.418 e. The van der Waals surface area contributed by atoms with E-state index in [0.29, 0.717) is 19.7 Å². The molecule has 1 aromatic carbocycles. The quantitative estimate of drug-likeness (QED) is 0.837. The summed E-state index contributed by atoms with van der Waals surface area (Å²) in [6.07, 6.45) is -2.08. The van der Waals surface area contributed by atoms with Crippen LogP contribution < -0.4 is 5.32 Å². The van der Waals surface area contributed by atoms with Gasteiger partial charge in [-0.1, -0.05) is 18.2 Å². The molecule has 0 radical (unpaired) electrons. The molecule has 1 fully saturated rings. The molecular weight excluding hydrogens is 359 g/mol. The van der Waals surface area contributed by atoms with Gasteiger partial charge in [0.2, 0.25) is 5.91 Å². The lowest BCUT2D eigenvalue weighted by Gasteiger charge is -2.17. The van der Waals surface area contributed by atoms with E-state index in [-0.39, 0.29) is 18.3 Å². The molecule has 0 unspecified atom stereocenters. The van der Waals surface area contributed by atoms with Crippen molar-refractivity contribution >= 4 is 11.6 Å². The van der Waals surface area contributed by atoms with Crippen LogP contribution in [0, 0.1) is 0 Å². The van der Waals surface area contributed by atoms with E-state index in [1.807, 2.05) is 23.1 Å². The molecule has 5 nitrogen and oxygen atoms in total. The van der Waals surface area contributed by atoms with Gasteiger partial charge in [-0.05, 0) is 30.7 Å². The highest BCUT2D eigenvalue weighted by atomic mass is 19.4. The number of carbonyl (C=O) groups excluding carboxylic acids is 1. The normalized spacial score (nSPS) is 17.8. The number of anilines is 1. The van der Waals surface area contributed by atoms with Crippen molar-refractivity contribution in [3.63, 3.8) is 0 Å². The molecule has 1 aromatic heterocycles. The number of benzene rings is 1. The molecule has 1 N–H and O–H groups in total. The number of hydrogen-bond donors (Lipinski definition) is 1. The van der Waals surface area contributed by atoms with Crippen molar-refractivity contribution in [3.05, 3.63) is 59.9 Å². The number of amides is 1. The molecule has 8 heteroatoms. The summed E-state index contributed by atoms with van der Waals surface area (Å²) in [5.74, 6) is -0.475. The van der Waals surface area contributed by atoms with Gasteiger partial charge in [-0.2, -0.15) is 13.2 Å². The van der Waals surface area contributed by atoms with Gasteiger partial charge in [0.05, 0.1) is 36.2 Å². The lowest BCUT2D eigenvalue weighted by Crippen LogP contribution is -2.33. The Hall–Kier alpha value is -2.45. The number of para-hydroxylation sites is 1. The first kappa shape index (κ1) is 19.3. The Balaban J connectivity index is 1.48. The maximum atomic E-state index is 13.0. The highest BCUT2D eigenvalue weighted by Crippen LogP contribution is 2.34. The summed E-state index contributed by atoms with van der Waals surface area (Å²) < 4.78 is 44.8. The summed E-state index contributed by atoms with van der Waals surface area (Å²) >= 11 is 0. The van der Waals surface area contributed by atoms with E-state index < -0.39 is 17.6 Å². The molecule has 1 atom stereocenters. The molecule has 2 aromatic rings. The minimum Gasteiger partial charge on any atom is -0.371 e. The lowest BCUT2D eigenvalue weighted by atomic mass is 10.1. The van der Waals surface area contributed by atoms with Gasteiger partial charge in [0.25, 0.3) is 0 Å². The number of ether oxygens (including phenoxy) is 1. The molecule has 27 heavy (non-hydrogen) atoms. The van der Waals surface area contributed by atoms with Crippen molar-refractivity contribution < 1.29 is 22.7 Å². The van der Waals surface area contributed by atoms with E-state index in [9.17, 15) is 18.0 Å². The average Bonchev–Trinajstić information content (AvgIpc) is 3.07. The molecule has 0 bridgehead atoms. The number of nitrogens with one attached hydrogen (secondary N) is 1. The second kappa shape index (κ2) is 8.49. The van der Waals surface area contributed by atoms with Crippen LogP contribution >= 0.6 is 0 Å². The summed E-state index contributed by atoms with van der Waals surface area (Å²) in [4.78, 5) is 18.2. The Morgan fingerprint density at radius 3 is 2.74 bits per heavy atom. The number of aromatic nitrogens is 1. The van der Waals surface area contributed by atoms with Crippen LogP contribution in [-0.2, 0) is 22.3 Å². The largest absolute Gasteiger partial charge is 0.418 e. The summed E-state index contributed by atoms with van der Waals surface area (Å²) in [6.45, 7) is 1.63. The number of carbonyl (C=O) groups is 1. The van der Waals surface area contributed by atoms with Crippen LogP contribution in [0.5, 0.6) is 0 Å². The number of pyridine rings is 1. The van der Waals surface area contributed by atoms with Crippen molar-refractivity contribution in [2.45, 2.75) is 25.3 Å². The monoisotopic (exact) mass is 379 g/mol. The SMILES string of the molecule is O=C(CN1CC[C@H](OCc2ccccn2)C1)Nc1ccccc1C(F)(F)F. The number of alkyl halides is 3. The van der Waals surface area contributed by atoms with Gasteiger partial charge >= 0.3 is 6.18 Å². The van der Waals surface area contributed by atoms with E-state index in [1.165, 1.54) is 18.2 Å². The lowest BCUT2D eigenvalue weighted by molar-refractivity contribution is -0.137. The van der Waals surface area contributed by atoms with E-state index in [2.05, 4.69) is 10.3 Å². The second-order valence-corrected chi connectivity index (χ2v) is 6.37. The Morgan fingerprint density at radius 2 is 2.00 bits per heavy atom. The Morgan fingerprint density at radius 1 is 1.22 bits per heavy atom. The molecule has 3 rings (SSSR count). The third-order valence-electron chi connectivity index (χ3n) is 4.30. The third kappa shape index (κ3) is 5.51. The van der Waals surface area contributed by atoms with Gasteiger partial charge in [-0.3, -0.25) is 14.7 Å². The van der Waals surface area contributed by atoms with E-state index in [4.69, 9.17) is 4.74 Å². The average molecular weight is 379 g/mol.